The van der Waals surface area contributed by atoms with Gasteiger partial charge in [0.1, 0.15) is 11.6 Å². The molecule has 1 N–H and O–H groups in total. The zero-order chi connectivity index (χ0) is 13.4. The number of hydrogen-bond donors (Lipinski definition) is 1. The third kappa shape index (κ3) is 2.12. The van der Waals surface area contributed by atoms with Crippen LogP contribution in [0.25, 0.3) is 11.0 Å². The first-order chi connectivity index (χ1) is 9.15. The van der Waals surface area contributed by atoms with E-state index in [0.717, 1.165) is 17.0 Å². The number of nitrogens with one attached hydrogen (secondary N) is 1. The number of halogens is 1. The van der Waals surface area contributed by atoms with Crippen LogP contribution in [0.2, 0.25) is 5.28 Å². The summed E-state index contributed by atoms with van der Waals surface area (Å²) in [6, 6.07) is 0. The van der Waals surface area contributed by atoms with Crippen molar-refractivity contribution < 1.29 is 0 Å². The van der Waals surface area contributed by atoms with Crippen LogP contribution in [0.3, 0.4) is 0 Å². The summed E-state index contributed by atoms with van der Waals surface area (Å²) < 4.78 is 1.96. The predicted octanol–water partition coefficient (Wildman–Crippen LogP) is 1.38. The summed E-state index contributed by atoms with van der Waals surface area (Å²) in [5, 5.41) is 7.79. The topological polar surface area (TPSA) is 75.5 Å². The normalized spacial score (nSPS) is 11.1. The van der Waals surface area contributed by atoms with Crippen LogP contribution in [0.1, 0.15) is 5.82 Å². The first-order valence-corrected chi connectivity index (χ1v) is 6.07. The molecule has 0 aromatic carbocycles. The minimum atomic E-state index is 0.193. The molecule has 8 heteroatoms. The number of imidazole rings is 1. The fraction of sp³-hybridized carbons (Fsp3) is 0.273. The van der Waals surface area contributed by atoms with E-state index in [2.05, 4.69) is 25.1 Å². The van der Waals surface area contributed by atoms with E-state index >= 15 is 0 Å². The first kappa shape index (κ1) is 11.9. The summed E-state index contributed by atoms with van der Waals surface area (Å²) in [7, 11) is 3.89. The van der Waals surface area contributed by atoms with Gasteiger partial charge in [-0.1, -0.05) is 0 Å². The van der Waals surface area contributed by atoms with Gasteiger partial charge in [-0.25, -0.2) is 4.98 Å². The second-order valence-electron chi connectivity index (χ2n) is 4.26. The fourth-order valence-corrected chi connectivity index (χ4v) is 2.08. The summed E-state index contributed by atoms with van der Waals surface area (Å²) in [5.74, 6) is 1.67. The van der Waals surface area contributed by atoms with Crippen LogP contribution in [0.5, 0.6) is 0 Å². The van der Waals surface area contributed by atoms with Crippen LogP contribution in [0.4, 0.5) is 5.82 Å². The van der Waals surface area contributed by atoms with Gasteiger partial charge in [0.15, 0.2) is 5.65 Å². The van der Waals surface area contributed by atoms with Gasteiger partial charge >= 0.3 is 0 Å². The van der Waals surface area contributed by atoms with Crippen molar-refractivity contribution in [1.82, 2.24) is 29.7 Å². The van der Waals surface area contributed by atoms with E-state index in [-0.39, 0.29) is 5.28 Å². The Morgan fingerprint density at radius 1 is 1.42 bits per heavy atom. The zero-order valence-electron chi connectivity index (χ0n) is 10.5. The van der Waals surface area contributed by atoms with Gasteiger partial charge in [-0.05, 0) is 11.6 Å². The summed E-state index contributed by atoms with van der Waals surface area (Å²) in [4.78, 5) is 14.6. The monoisotopic (exact) mass is 277 g/mol. The Kier molecular flexibility index (Phi) is 2.83. The molecule has 0 unspecified atom stereocenters. The number of aryl methyl sites for hydroxylation is 1. The standard InChI is InChI=1S/C11H12ClN7/c1-18-4-3-13-8(18)6-19(2)10-7-5-14-17-9(7)15-11(12)16-10/h3-5H,6H2,1-2H3,(H,14,15,16,17). The lowest BCUT2D eigenvalue weighted by Gasteiger charge is -2.18. The van der Waals surface area contributed by atoms with Gasteiger partial charge in [0.25, 0.3) is 0 Å². The number of H-pyrrole nitrogens is 1. The Morgan fingerprint density at radius 3 is 3.00 bits per heavy atom. The largest absolute Gasteiger partial charge is 0.351 e. The minimum absolute atomic E-state index is 0.193. The molecule has 7 nitrogen and oxygen atoms in total. The number of fused-ring (bicyclic) bond motifs is 1. The summed E-state index contributed by atoms with van der Waals surface area (Å²) >= 11 is 5.92. The quantitative estimate of drug-likeness (QED) is 0.732. The Balaban J connectivity index is 1.99. The average Bonchev–Trinajstić information content (AvgIpc) is 2.98. The molecule has 0 radical (unpaired) electrons. The van der Waals surface area contributed by atoms with E-state index in [9.17, 15) is 0 Å². The molecule has 3 rings (SSSR count). The van der Waals surface area contributed by atoms with E-state index in [1.165, 1.54) is 0 Å². The molecule has 0 fully saturated rings. The van der Waals surface area contributed by atoms with Crippen molar-refractivity contribution in [2.75, 3.05) is 11.9 Å². The Labute approximate surface area is 114 Å². The molecule has 0 aliphatic rings. The molecule has 0 aliphatic carbocycles. The number of hydrogen-bond acceptors (Lipinski definition) is 5. The number of aromatic amines is 1. The lowest BCUT2D eigenvalue weighted by Crippen LogP contribution is -2.20. The molecular formula is C11H12ClN7. The van der Waals surface area contributed by atoms with Crippen LogP contribution in [-0.4, -0.2) is 36.8 Å². The highest BCUT2D eigenvalue weighted by atomic mass is 35.5. The SMILES string of the molecule is CN(Cc1nccn1C)c1nc(Cl)nc2[nH]ncc12. The molecule has 0 saturated heterocycles. The van der Waals surface area contributed by atoms with Gasteiger partial charge < -0.3 is 9.47 Å². The highest BCUT2D eigenvalue weighted by Crippen LogP contribution is 2.23. The molecule has 3 aromatic heterocycles. The summed E-state index contributed by atoms with van der Waals surface area (Å²) in [6.45, 7) is 0.622. The molecule has 0 bridgehead atoms. The van der Waals surface area contributed by atoms with E-state index in [1.807, 2.05) is 29.8 Å². The average molecular weight is 278 g/mol. The van der Waals surface area contributed by atoms with E-state index in [0.29, 0.717) is 12.2 Å². The van der Waals surface area contributed by atoms with Crippen LogP contribution in [-0.2, 0) is 13.6 Å². The zero-order valence-corrected chi connectivity index (χ0v) is 11.3. The van der Waals surface area contributed by atoms with E-state index in [1.54, 1.807) is 12.4 Å². The maximum atomic E-state index is 5.92. The Hall–Kier alpha value is -2.15. The first-order valence-electron chi connectivity index (χ1n) is 5.69. The van der Waals surface area contributed by atoms with Crippen molar-refractivity contribution in [3.05, 3.63) is 29.7 Å². The maximum Gasteiger partial charge on any atom is 0.226 e. The molecule has 0 aliphatic heterocycles. The molecule has 19 heavy (non-hydrogen) atoms. The van der Waals surface area contributed by atoms with Crippen LogP contribution < -0.4 is 4.90 Å². The van der Waals surface area contributed by atoms with Gasteiger partial charge in [0, 0.05) is 26.5 Å². The van der Waals surface area contributed by atoms with Crippen molar-refractivity contribution in [3.8, 4) is 0 Å². The van der Waals surface area contributed by atoms with Crippen LogP contribution >= 0.6 is 11.6 Å². The van der Waals surface area contributed by atoms with Crippen LogP contribution in [0.15, 0.2) is 18.6 Å². The summed E-state index contributed by atoms with van der Waals surface area (Å²) in [5.41, 5.74) is 0.627. The maximum absolute atomic E-state index is 5.92. The molecule has 98 valence electrons. The molecule has 0 atom stereocenters. The highest BCUT2D eigenvalue weighted by molar-refractivity contribution is 6.28. The van der Waals surface area contributed by atoms with Crippen molar-refractivity contribution >= 4 is 28.5 Å². The molecule has 0 spiro atoms. The number of nitrogens with zero attached hydrogens (tertiary/aromatic N) is 6. The second kappa shape index (κ2) is 4.51. The van der Waals surface area contributed by atoms with Gasteiger partial charge in [-0.15, -0.1) is 0 Å². The van der Waals surface area contributed by atoms with Crippen molar-refractivity contribution in [1.29, 1.82) is 0 Å². The Bertz CT molecular complexity index is 717. The molecule has 0 amide bonds. The van der Waals surface area contributed by atoms with Crippen molar-refractivity contribution in [2.45, 2.75) is 6.54 Å². The number of anilines is 1. The summed E-state index contributed by atoms with van der Waals surface area (Å²) in [6.07, 6.45) is 5.36. The van der Waals surface area contributed by atoms with Gasteiger partial charge in [0.05, 0.1) is 18.1 Å². The van der Waals surface area contributed by atoms with Crippen LogP contribution in [0, 0.1) is 0 Å². The van der Waals surface area contributed by atoms with Gasteiger partial charge in [-0.3, -0.25) is 5.10 Å². The van der Waals surface area contributed by atoms with E-state index in [4.69, 9.17) is 11.6 Å². The molecule has 3 aromatic rings. The number of aromatic nitrogens is 6. The van der Waals surface area contributed by atoms with Crippen molar-refractivity contribution in [2.24, 2.45) is 7.05 Å². The lowest BCUT2D eigenvalue weighted by atomic mass is 10.3. The van der Waals surface area contributed by atoms with Gasteiger partial charge in [0.2, 0.25) is 5.28 Å². The molecule has 3 heterocycles. The Morgan fingerprint density at radius 2 is 2.26 bits per heavy atom. The number of rotatable bonds is 3. The smallest absolute Gasteiger partial charge is 0.226 e. The molecular weight excluding hydrogens is 266 g/mol. The fourth-order valence-electron chi connectivity index (χ4n) is 1.92. The molecule has 0 saturated carbocycles. The second-order valence-corrected chi connectivity index (χ2v) is 4.60. The third-order valence-electron chi connectivity index (χ3n) is 2.92. The third-order valence-corrected chi connectivity index (χ3v) is 3.09. The lowest BCUT2D eigenvalue weighted by molar-refractivity contribution is 0.756. The van der Waals surface area contributed by atoms with E-state index < -0.39 is 0 Å². The van der Waals surface area contributed by atoms with Gasteiger partial charge in [-0.2, -0.15) is 15.1 Å². The van der Waals surface area contributed by atoms with Crippen molar-refractivity contribution in [3.63, 3.8) is 0 Å². The predicted molar refractivity (Wildman–Crippen MR) is 72.0 cm³/mol. The minimum Gasteiger partial charge on any atom is -0.351 e. The highest BCUT2D eigenvalue weighted by Gasteiger charge is 2.14.